The summed E-state index contributed by atoms with van der Waals surface area (Å²) in [5, 5.41) is 10.1. The van der Waals surface area contributed by atoms with E-state index in [0.29, 0.717) is 43.7 Å². The fourth-order valence-corrected chi connectivity index (χ4v) is 2.13. The topological polar surface area (TPSA) is 84.6 Å². The molecule has 0 amide bonds. The van der Waals surface area contributed by atoms with E-state index in [-0.39, 0.29) is 18.3 Å². The second kappa shape index (κ2) is 10.4. The largest absolute Gasteiger partial charge is 0.489 e. The smallest absolute Gasteiger partial charge is 0.228 e. The van der Waals surface area contributed by atoms with E-state index in [4.69, 9.17) is 9.26 Å². The number of ether oxygens (including phenoxy) is 1. The zero-order valence-electron chi connectivity index (χ0n) is 15.8. The molecule has 0 aliphatic heterocycles. The maximum atomic E-state index is 13.5. The number of aliphatic imine (C=N–C) groups is 1. The van der Waals surface area contributed by atoms with Crippen LogP contribution in [0.5, 0.6) is 5.75 Å². The molecular weight excluding hydrogens is 356 g/mol. The van der Waals surface area contributed by atoms with Crippen LogP contribution in [0.3, 0.4) is 0 Å². The van der Waals surface area contributed by atoms with E-state index >= 15 is 0 Å². The van der Waals surface area contributed by atoms with Gasteiger partial charge in [0.25, 0.3) is 0 Å². The molecule has 0 unspecified atom stereocenters. The third-order valence-corrected chi connectivity index (χ3v) is 3.49. The first-order valence-electron chi connectivity index (χ1n) is 8.92. The van der Waals surface area contributed by atoms with E-state index in [0.717, 1.165) is 12.1 Å². The molecule has 0 bridgehead atoms. The van der Waals surface area contributed by atoms with Crippen LogP contribution in [0.25, 0.3) is 0 Å². The van der Waals surface area contributed by atoms with Gasteiger partial charge in [-0.25, -0.2) is 8.78 Å². The van der Waals surface area contributed by atoms with Gasteiger partial charge in [-0.2, -0.15) is 4.98 Å². The van der Waals surface area contributed by atoms with Crippen molar-refractivity contribution in [1.82, 2.24) is 20.8 Å². The zero-order valence-corrected chi connectivity index (χ0v) is 15.8. The van der Waals surface area contributed by atoms with Crippen LogP contribution >= 0.6 is 0 Å². The van der Waals surface area contributed by atoms with Crippen molar-refractivity contribution < 1.29 is 18.0 Å². The van der Waals surface area contributed by atoms with Gasteiger partial charge in [-0.3, -0.25) is 4.99 Å². The fourth-order valence-electron chi connectivity index (χ4n) is 2.13. The minimum atomic E-state index is -0.726. The molecule has 2 aromatic rings. The van der Waals surface area contributed by atoms with Crippen LogP contribution in [0, 0.1) is 11.6 Å². The first kappa shape index (κ1) is 20.6. The molecule has 2 N–H and O–H groups in total. The van der Waals surface area contributed by atoms with E-state index in [1.165, 1.54) is 6.07 Å². The average Bonchev–Trinajstić information content (AvgIpc) is 3.09. The Morgan fingerprint density at radius 3 is 2.78 bits per heavy atom. The number of nitrogens with one attached hydrogen (secondary N) is 2. The monoisotopic (exact) mass is 381 g/mol. The van der Waals surface area contributed by atoms with Crippen LogP contribution in [0.4, 0.5) is 8.78 Å². The summed E-state index contributed by atoms with van der Waals surface area (Å²) in [6.07, 6.45) is 0.535. The summed E-state index contributed by atoms with van der Waals surface area (Å²) < 4.78 is 36.8. The molecule has 9 heteroatoms. The Labute approximate surface area is 157 Å². The predicted molar refractivity (Wildman–Crippen MR) is 97.9 cm³/mol. The van der Waals surface area contributed by atoms with Crippen LogP contribution in [-0.2, 0) is 6.42 Å². The first-order chi connectivity index (χ1) is 13.0. The van der Waals surface area contributed by atoms with Crippen LogP contribution in [-0.4, -0.2) is 42.3 Å². The molecule has 0 fully saturated rings. The fraction of sp³-hybridized carbons (Fsp3) is 0.500. The summed E-state index contributed by atoms with van der Waals surface area (Å²) >= 11 is 0. The Balaban J connectivity index is 1.77. The van der Waals surface area contributed by atoms with Gasteiger partial charge in [0.05, 0.1) is 13.1 Å². The summed E-state index contributed by atoms with van der Waals surface area (Å²) in [7, 11) is 0. The SMILES string of the molecule is CCNC(=NCCc1nc(C(C)C)no1)NCCOc1ccc(F)cc1F. The molecule has 2 rings (SSSR count). The zero-order chi connectivity index (χ0) is 19.6. The number of benzene rings is 1. The van der Waals surface area contributed by atoms with Crippen molar-refractivity contribution >= 4 is 5.96 Å². The van der Waals surface area contributed by atoms with E-state index in [9.17, 15) is 8.78 Å². The molecule has 0 aliphatic carbocycles. The molecule has 0 spiro atoms. The van der Waals surface area contributed by atoms with Crippen LogP contribution in [0.2, 0.25) is 0 Å². The standard InChI is InChI=1S/C18H25F2N5O2/c1-4-21-18(22-8-7-16-24-17(12(2)3)25-27-16)23-9-10-26-15-6-5-13(19)11-14(15)20/h5-6,11-12H,4,7-10H2,1-3H3,(H2,21,22,23). The van der Waals surface area contributed by atoms with Gasteiger partial charge >= 0.3 is 0 Å². The first-order valence-corrected chi connectivity index (χ1v) is 8.92. The van der Waals surface area contributed by atoms with Gasteiger partial charge in [0.15, 0.2) is 23.4 Å². The molecule has 1 heterocycles. The van der Waals surface area contributed by atoms with Crippen molar-refractivity contribution in [2.24, 2.45) is 4.99 Å². The molecular formula is C18H25F2N5O2. The minimum absolute atomic E-state index is 0.0116. The number of nitrogens with zero attached hydrogens (tertiary/aromatic N) is 3. The van der Waals surface area contributed by atoms with Gasteiger partial charge in [0.2, 0.25) is 5.89 Å². The molecule has 0 atom stereocenters. The number of hydrogen-bond acceptors (Lipinski definition) is 5. The van der Waals surface area contributed by atoms with E-state index in [1.54, 1.807) is 0 Å². The lowest BCUT2D eigenvalue weighted by Gasteiger charge is -2.12. The average molecular weight is 381 g/mol. The van der Waals surface area contributed by atoms with Gasteiger partial charge in [0.1, 0.15) is 12.4 Å². The number of guanidine groups is 1. The molecule has 0 saturated carbocycles. The van der Waals surface area contributed by atoms with E-state index < -0.39 is 11.6 Å². The maximum absolute atomic E-state index is 13.5. The summed E-state index contributed by atoms with van der Waals surface area (Å²) in [6, 6.07) is 3.20. The highest BCUT2D eigenvalue weighted by Crippen LogP contribution is 2.17. The van der Waals surface area contributed by atoms with Gasteiger partial charge in [-0.05, 0) is 19.1 Å². The summed E-state index contributed by atoms with van der Waals surface area (Å²) in [5.41, 5.74) is 0. The summed E-state index contributed by atoms with van der Waals surface area (Å²) in [6.45, 7) is 7.73. The molecule has 0 radical (unpaired) electrons. The van der Waals surface area contributed by atoms with E-state index in [1.807, 2.05) is 20.8 Å². The predicted octanol–water partition coefficient (Wildman–Crippen LogP) is 2.65. The third kappa shape index (κ3) is 6.84. The van der Waals surface area contributed by atoms with Gasteiger partial charge in [-0.15, -0.1) is 0 Å². The lowest BCUT2D eigenvalue weighted by molar-refractivity contribution is 0.304. The van der Waals surface area contributed by atoms with Crippen molar-refractivity contribution in [3.8, 4) is 5.75 Å². The van der Waals surface area contributed by atoms with Crippen LogP contribution in [0.1, 0.15) is 38.4 Å². The van der Waals surface area contributed by atoms with Crippen molar-refractivity contribution in [3.63, 3.8) is 0 Å². The number of halogens is 2. The van der Waals surface area contributed by atoms with Gasteiger partial charge < -0.3 is 19.9 Å². The Morgan fingerprint density at radius 1 is 1.30 bits per heavy atom. The quantitative estimate of drug-likeness (QED) is 0.395. The number of rotatable bonds is 9. The van der Waals surface area contributed by atoms with Crippen molar-refractivity contribution in [2.45, 2.75) is 33.1 Å². The van der Waals surface area contributed by atoms with Gasteiger partial charge in [-0.1, -0.05) is 19.0 Å². The Kier molecular flexibility index (Phi) is 7.97. The Bertz CT molecular complexity index is 749. The Morgan fingerprint density at radius 2 is 2.11 bits per heavy atom. The van der Waals surface area contributed by atoms with Gasteiger partial charge in [0, 0.05) is 24.9 Å². The second-order valence-electron chi connectivity index (χ2n) is 6.06. The lowest BCUT2D eigenvalue weighted by Crippen LogP contribution is -2.39. The highest BCUT2D eigenvalue weighted by Gasteiger charge is 2.09. The second-order valence-corrected chi connectivity index (χ2v) is 6.06. The van der Waals surface area contributed by atoms with Crippen molar-refractivity contribution in [2.75, 3.05) is 26.2 Å². The maximum Gasteiger partial charge on any atom is 0.228 e. The molecule has 0 aliphatic rings. The summed E-state index contributed by atoms with van der Waals surface area (Å²) in [4.78, 5) is 8.73. The highest BCUT2D eigenvalue weighted by atomic mass is 19.1. The number of aromatic nitrogens is 2. The molecule has 1 aromatic heterocycles. The van der Waals surface area contributed by atoms with Crippen molar-refractivity contribution in [3.05, 3.63) is 41.5 Å². The van der Waals surface area contributed by atoms with Crippen molar-refractivity contribution in [1.29, 1.82) is 0 Å². The molecule has 1 aromatic carbocycles. The Hall–Kier alpha value is -2.71. The van der Waals surface area contributed by atoms with E-state index in [2.05, 4.69) is 25.8 Å². The van der Waals surface area contributed by atoms with Crippen LogP contribution in [0.15, 0.2) is 27.7 Å². The molecule has 7 nitrogen and oxygen atoms in total. The minimum Gasteiger partial charge on any atom is -0.489 e. The lowest BCUT2D eigenvalue weighted by atomic mass is 10.2. The molecule has 148 valence electrons. The number of hydrogen-bond donors (Lipinski definition) is 2. The summed E-state index contributed by atoms with van der Waals surface area (Å²) in [5.74, 6) is 0.701. The normalized spacial score (nSPS) is 11.7. The molecule has 27 heavy (non-hydrogen) atoms. The van der Waals surface area contributed by atoms with Crippen LogP contribution < -0.4 is 15.4 Å². The third-order valence-electron chi connectivity index (χ3n) is 3.49. The highest BCUT2D eigenvalue weighted by molar-refractivity contribution is 5.79. The molecule has 0 saturated heterocycles.